The van der Waals surface area contributed by atoms with Crippen LogP contribution in [0.2, 0.25) is 0 Å². The van der Waals surface area contributed by atoms with Gasteiger partial charge in [-0.25, -0.2) is 10.0 Å². The highest BCUT2D eigenvalue weighted by Gasteiger charge is 2.30. The number of hydrogen-bond donors (Lipinski definition) is 3. The number of rotatable bonds is 11. The van der Waals surface area contributed by atoms with E-state index in [1.54, 1.807) is 24.4 Å². The third kappa shape index (κ3) is 7.74. The standard InChI is InChI=1S/C19H30N4O4/c1-5-14(4)17(19(26)21-16-8-6-7-9-20-16)22-18(25)15(10-13(2)3)11-23(27)12-24/h6-9,12-15,17,27H,5,10-11H2,1-4H3,(H,22,25)(H,20,21,26)/t14-,15?,17?/m0/s1. The average molecular weight is 378 g/mol. The number of aromatic nitrogens is 1. The van der Waals surface area contributed by atoms with Crippen LogP contribution in [0.4, 0.5) is 5.82 Å². The van der Waals surface area contributed by atoms with E-state index in [2.05, 4.69) is 15.6 Å². The van der Waals surface area contributed by atoms with Crippen molar-refractivity contribution in [1.29, 1.82) is 0 Å². The smallest absolute Gasteiger partial charge is 0.248 e. The molecule has 3 atom stereocenters. The van der Waals surface area contributed by atoms with E-state index in [4.69, 9.17) is 0 Å². The minimum Gasteiger partial charge on any atom is -0.344 e. The van der Waals surface area contributed by atoms with Gasteiger partial charge in [0.1, 0.15) is 11.9 Å². The molecule has 27 heavy (non-hydrogen) atoms. The first-order valence-electron chi connectivity index (χ1n) is 9.21. The van der Waals surface area contributed by atoms with Gasteiger partial charge in [0.05, 0.1) is 12.5 Å². The van der Waals surface area contributed by atoms with Crippen LogP contribution in [0.5, 0.6) is 0 Å². The fourth-order valence-electron chi connectivity index (χ4n) is 2.72. The molecule has 0 aromatic carbocycles. The van der Waals surface area contributed by atoms with Gasteiger partial charge in [-0.3, -0.25) is 19.6 Å². The Morgan fingerprint density at radius 1 is 1.26 bits per heavy atom. The Morgan fingerprint density at radius 3 is 2.48 bits per heavy atom. The van der Waals surface area contributed by atoms with Gasteiger partial charge in [-0.1, -0.05) is 40.2 Å². The second-order valence-electron chi connectivity index (χ2n) is 7.13. The summed E-state index contributed by atoms with van der Waals surface area (Å²) in [6, 6.07) is 4.42. The quantitative estimate of drug-likeness (QED) is 0.310. The van der Waals surface area contributed by atoms with Gasteiger partial charge in [0.15, 0.2) is 0 Å². The Hall–Kier alpha value is -2.48. The number of carbonyl (C=O) groups is 3. The molecule has 0 saturated heterocycles. The van der Waals surface area contributed by atoms with E-state index in [1.165, 1.54) is 0 Å². The number of anilines is 1. The molecule has 3 amide bonds. The summed E-state index contributed by atoms with van der Waals surface area (Å²) in [6.45, 7) is 7.59. The Labute approximate surface area is 160 Å². The molecular formula is C19H30N4O4. The molecule has 150 valence electrons. The summed E-state index contributed by atoms with van der Waals surface area (Å²) in [5.41, 5.74) is 0. The van der Waals surface area contributed by atoms with E-state index in [0.717, 1.165) is 0 Å². The average Bonchev–Trinajstić information content (AvgIpc) is 2.64. The summed E-state index contributed by atoms with van der Waals surface area (Å²) in [5, 5.41) is 15.4. The Balaban J connectivity index is 2.90. The van der Waals surface area contributed by atoms with Crippen molar-refractivity contribution in [2.75, 3.05) is 11.9 Å². The predicted molar refractivity (Wildman–Crippen MR) is 102 cm³/mol. The second kappa shape index (κ2) is 11.3. The molecule has 0 bridgehead atoms. The number of nitrogens with one attached hydrogen (secondary N) is 2. The number of amides is 3. The Bertz CT molecular complexity index is 609. The maximum atomic E-state index is 12.8. The zero-order chi connectivity index (χ0) is 20.4. The van der Waals surface area contributed by atoms with Crippen molar-refractivity contribution < 1.29 is 19.6 Å². The monoisotopic (exact) mass is 378 g/mol. The van der Waals surface area contributed by atoms with Crippen LogP contribution < -0.4 is 10.6 Å². The van der Waals surface area contributed by atoms with E-state index in [0.29, 0.717) is 23.7 Å². The molecule has 0 fully saturated rings. The zero-order valence-corrected chi connectivity index (χ0v) is 16.4. The normalized spacial score (nSPS) is 14.1. The third-order valence-electron chi connectivity index (χ3n) is 4.37. The lowest BCUT2D eigenvalue weighted by Gasteiger charge is -2.27. The highest BCUT2D eigenvalue weighted by molar-refractivity contribution is 5.97. The van der Waals surface area contributed by atoms with Crippen molar-refractivity contribution in [3.63, 3.8) is 0 Å². The molecule has 0 saturated carbocycles. The summed E-state index contributed by atoms with van der Waals surface area (Å²) < 4.78 is 0. The van der Waals surface area contributed by atoms with Crippen molar-refractivity contribution >= 4 is 24.0 Å². The van der Waals surface area contributed by atoms with Crippen LogP contribution in [0.15, 0.2) is 24.4 Å². The number of carbonyl (C=O) groups excluding carboxylic acids is 3. The zero-order valence-electron chi connectivity index (χ0n) is 16.4. The predicted octanol–water partition coefficient (Wildman–Crippen LogP) is 2.06. The second-order valence-corrected chi connectivity index (χ2v) is 7.13. The van der Waals surface area contributed by atoms with Gasteiger partial charge in [0.2, 0.25) is 18.2 Å². The molecule has 8 nitrogen and oxygen atoms in total. The molecule has 0 radical (unpaired) electrons. The van der Waals surface area contributed by atoms with E-state index in [9.17, 15) is 19.6 Å². The minimum absolute atomic E-state index is 0.103. The van der Waals surface area contributed by atoms with Crippen molar-refractivity contribution in [3.8, 4) is 0 Å². The third-order valence-corrected chi connectivity index (χ3v) is 4.37. The van der Waals surface area contributed by atoms with E-state index < -0.39 is 12.0 Å². The van der Waals surface area contributed by atoms with E-state index in [-0.39, 0.29) is 36.6 Å². The molecule has 0 spiro atoms. The number of hydroxylamine groups is 2. The molecule has 1 aromatic rings. The largest absolute Gasteiger partial charge is 0.344 e. The van der Waals surface area contributed by atoms with Crippen molar-refractivity contribution in [2.24, 2.45) is 17.8 Å². The van der Waals surface area contributed by atoms with Crippen LogP contribution in [0.25, 0.3) is 0 Å². The lowest BCUT2D eigenvalue weighted by Crippen LogP contribution is -2.51. The van der Waals surface area contributed by atoms with Gasteiger partial charge in [0.25, 0.3) is 0 Å². The molecule has 2 unspecified atom stereocenters. The SMILES string of the molecule is CC[C@H](C)C(NC(=O)C(CC(C)C)CN(O)C=O)C(=O)Nc1ccccn1. The molecule has 1 heterocycles. The van der Waals surface area contributed by atoms with Crippen LogP contribution in [-0.4, -0.2) is 46.1 Å². The minimum atomic E-state index is -0.748. The van der Waals surface area contributed by atoms with Gasteiger partial charge >= 0.3 is 0 Å². The van der Waals surface area contributed by atoms with Gasteiger partial charge in [-0.2, -0.15) is 0 Å². The van der Waals surface area contributed by atoms with Gasteiger partial charge in [0, 0.05) is 6.20 Å². The molecular weight excluding hydrogens is 348 g/mol. The summed E-state index contributed by atoms with van der Waals surface area (Å²) in [7, 11) is 0. The van der Waals surface area contributed by atoms with E-state index >= 15 is 0 Å². The Morgan fingerprint density at radius 2 is 1.96 bits per heavy atom. The maximum absolute atomic E-state index is 12.8. The molecule has 3 N–H and O–H groups in total. The number of pyridine rings is 1. The van der Waals surface area contributed by atoms with Crippen LogP contribution in [0, 0.1) is 17.8 Å². The molecule has 0 aliphatic heterocycles. The maximum Gasteiger partial charge on any atom is 0.248 e. The summed E-state index contributed by atoms with van der Waals surface area (Å²) in [6.07, 6.45) is 3.00. The highest BCUT2D eigenvalue weighted by atomic mass is 16.5. The highest BCUT2D eigenvalue weighted by Crippen LogP contribution is 2.16. The molecule has 1 aromatic heterocycles. The first kappa shape index (κ1) is 22.6. The van der Waals surface area contributed by atoms with E-state index in [1.807, 2.05) is 27.7 Å². The van der Waals surface area contributed by atoms with Crippen LogP contribution >= 0.6 is 0 Å². The summed E-state index contributed by atoms with van der Waals surface area (Å²) in [4.78, 5) is 40.2. The molecule has 0 aliphatic carbocycles. The van der Waals surface area contributed by atoms with Gasteiger partial charge < -0.3 is 10.6 Å². The first-order valence-corrected chi connectivity index (χ1v) is 9.21. The van der Waals surface area contributed by atoms with Crippen molar-refractivity contribution in [1.82, 2.24) is 15.4 Å². The lowest BCUT2D eigenvalue weighted by atomic mass is 9.93. The van der Waals surface area contributed by atoms with Crippen LogP contribution in [0.3, 0.4) is 0 Å². The fourth-order valence-corrected chi connectivity index (χ4v) is 2.72. The van der Waals surface area contributed by atoms with Gasteiger partial charge in [-0.05, 0) is 30.4 Å². The van der Waals surface area contributed by atoms with Gasteiger partial charge in [-0.15, -0.1) is 0 Å². The van der Waals surface area contributed by atoms with Crippen LogP contribution in [0.1, 0.15) is 40.5 Å². The summed E-state index contributed by atoms with van der Waals surface area (Å²) >= 11 is 0. The fraction of sp³-hybridized carbons (Fsp3) is 0.579. The van der Waals surface area contributed by atoms with Crippen molar-refractivity contribution in [2.45, 2.75) is 46.6 Å². The Kier molecular flexibility index (Phi) is 9.42. The topological polar surface area (TPSA) is 112 Å². The number of nitrogens with zero attached hydrogens (tertiary/aromatic N) is 2. The van der Waals surface area contributed by atoms with Crippen molar-refractivity contribution in [3.05, 3.63) is 24.4 Å². The number of hydrogen-bond acceptors (Lipinski definition) is 5. The molecule has 1 rings (SSSR count). The molecule has 8 heteroatoms. The first-order chi connectivity index (χ1) is 12.8. The van der Waals surface area contributed by atoms with Crippen LogP contribution in [-0.2, 0) is 14.4 Å². The lowest BCUT2D eigenvalue weighted by molar-refractivity contribution is -0.155. The summed E-state index contributed by atoms with van der Waals surface area (Å²) in [5.74, 6) is -0.846. The molecule has 0 aliphatic rings.